The van der Waals surface area contributed by atoms with E-state index < -0.39 is 0 Å². The van der Waals surface area contributed by atoms with Gasteiger partial charge in [0.1, 0.15) is 0 Å². The van der Waals surface area contributed by atoms with Gasteiger partial charge in [0.05, 0.1) is 0 Å². The second-order valence-electron chi connectivity index (χ2n) is 0. The van der Waals surface area contributed by atoms with Crippen molar-refractivity contribution in [2.45, 2.75) is 0 Å². The Balaban J connectivity index is 0. The van der Waals surface area contributed by atoms with Crippen molar-refractivity contribution in [3.05, 3.63) is 0 Å². The summed E-state index contributed by atoms with van der Waals surface area (Å²) in [6.45, 7) is 0. The summed E-state index contributed by atoms with van der Waals surface area (Å²) < 4.78 is 0. The molecule has 0 unspecified atom stereocenters. The van der Waals surface area contributed by atoms with Gasteiger partial charge in [0.15, 0.2) is 0 Å². The average molecular weight is 281 g/mol. The van der Waals surface area contributed by atoms with Crippen LogP contribution in [0.25, 0.3) is 0 Å². The molecule has 0 rings (SSSR count). The first-order chi connectivity index (χ1) is 0. The summed E-state index contributed by atoms with van der Waals surface area (Å²) in [7, 11) is 0. The third kappa shape index (κ3) is 56.3. The Morgan fingerprint density at radius 3 is 0.200 bits per heavy atom. The van der Waals surface area contributed by atoms with Crippen molar-refractivity contribution in [2.24, 2.45) is 0 Å². The predicted octanol–water partition coefficient (Wildman–Crippen LogP) is -15.9. The van der Waals surface area contributed by atoms with Crippen molar-refractivity contribution in [1.29, 1.82) is 0 Å². The summed E-state index contributed by atoms with van der Waals surface area (Å²) in [4.78, 5) is 0. The first kappa shape index (κ1) is 81.4. The largest absolute Gasteiger partial charge is 1.00 e. The normalized spacial score (nSPS) is 0. The van der Waals surface area contributed by atoms with E-state index in [1.807, 2.05) is 0 Å². The Bertz CT molecular complexity index is 10.0. The molecule has 0 aliphatic heterocycles. The van der Waals surface area contributed by atoms with Gasteiger partial charge in [0.25, 0.3) is 0 Å². The molecule has 0 atom stereocenters. The fourth-order valence-electron chi connectivity index (χ4n) is 0. The van der Waals surface area contributed by atoms with Gasteiger partial charge in [-0.1, -0.05) is 0 Å². The molecule has 40 valence electrons. The van der Waals surface area contributed by atoms with E-state index in [1.165, 1.54) is 0 Å². The molecule has 5 nitrogen and oxygen atoms in total. The summed E-state index contributed by atoms with van der Waals surface area (Å²) in [5.41, 5.74) is 0. The van der Waals surface area contributed by atoms with Crippen LogP contribution in [0.4, 0.5) is 0 Å². The van der Waals surface area contributed by atoms with E-state index >= 15 is 0 Å². The van der Waals surface area contributed by atoms with Gasteiger partial charge >= 0.3 is 257 Å². The van der Waals surface area contributed by atoms with Crippen LogP contribution in [0.2, 0.25) is 0 Å². The monoisotopic (exact) mass is 280 g/mol. The van der Waals surface area contributed by atoms with Crippen molar-refractivity contribution in [2.75, 3.05) is 0 Å². The predicted molar refractivity (Wildman–Crippen MR) is 9.68 cm³/mol. The molecule has 10 heteroatoms. The second kappa shape index (κ2) is 68.1. The summed E-state index contributed by atoms with van der Waals surface area (Å²) >= 11 is 0. The molecule has 0 radical (unpaired) electrons. The molecule has 0 aromatic heterocycles. The van der Waals surface area contributed by atoms with Crippen LogP contribution >= 0.6 is 0 Å². The summed E-state index contributed by atoms with van der Waals surface area (Å²) in [6.07, 6.45) is 0. The molecule has 5 N–H and O–H groups in total. The minimum Gasteiger partial charge on any atom is -0.870 e. The smallest absolute Gasteiger partial charge is 0.870 e. The third-order valence-electron chi connectivity index (χ3n) is 0. The van der Waals surface area contributed by atoms with Crippen molar-refractivity contribution < 1.29 is 284 Å². The van der Waals surface area contributed by atoms with Gasteiger partial charge in [-0.15, -0.1) is 0 Å². The van der Waals surface area contributed by atoms with Crippen molar-refractivity contribution in [3.63, 3.8) is 0 Å². The van der Waals surface area contributed by atoms with Crippen LogP contribution in [0.15, 0.2) is 0 Å². The van der Waals surface area contributed by atoms with E-state index in [9.17, 15) is 0 Å². The van der Waals surface area contributed by atoms with Crippen LogP contribution in [0.1, 0.15) is 0 Å². The van der Waals surface area contributed by atoms with Gasteiger partial charge in [-0.05, 0) is 0 Å². The molecule has 0 aliphatic carbocycles. The van der Waals surface area contributed by atoms with Gasteiger partial charge in [0, 0.05) is 0 Å². The molecule has 0 aromatic carbocycles. The van der Waals surface area contributed by atoms with E-state index in [4.69, 9.17) is 0 Å². The van der Waals surface area contributed by atoms with Gasteiger partial charge in [-0.3, -0.25) is 0 Å². The number of rotatable bonds is 0. The quantitative estimate of drug-likeness (QED) is 0.404. The fraction of sp³-hybridized carbons (Fsp3) is 0. The Labute approximate surface area is 273 Å². The van der Waals surface area contributed by atoms with Gasteiger partial charge in [0.2, 0.25) is 0 Å². The van der Waals surface area contributed by atoms with Crippen LogP contribution in [-0.2, 0) is 0 Å². The fourth-order valence-corrected chi connectivity index (χ4v) is 0. The Hall–Kier alpha value is 7.98. The summed E-state index contributed by atoms with van der Waals surface area (Å²) in [6, 6.07) is 0. The minimum atomic E-state index is 0. The minimum absolute atomic E-state index is 0. The van der Waals surface area contributed by atoms with Crippen LogP contribution < -0.4 is 257 Å². The topological polar surface area (TPSA) is 150 Å². The van der Waals surface area contributed by atoms with Crippen LogP contribution in [0.3, 0.4) is 0 Å². The van der Waals surface area contributed by atoms with E-state index in [0.29, 0.717) is 0 Å². The second-order valence-corrected chi connectivity index (χ2v) is 0. The van der Waals surface area contributed by atoms with E-state index in [1.54, 1.807) is 0 Å². The van der Waals surface area contributed by atoms with Crippen LogP contribution in [-0.4, -0.2) is 27.4 Å². The van der Waals surface area contributed by atoms with Crippen LogP contribution in [0, 0.1) is 0 Å². The molecule has 0 aliphatic rings. The van der Waals surface area contributed by atoms with Gasteiger partial charge < -0.3 is 27.4 Å². The first-order valence-corrected chi connectivity index (χ1v) is 0. The van der Waals surface area contributed by atoms with Gasteiger partial charge in [-0.25, -0.2) is 0 Å². The Morgan fingerprint density at radius 1 is 0.200 bits per heavy atom. The Kier molecular flexibility index (Phi) is 554. The Morgan fingerprint density at radius 2 is 0.200 bits per heavy atom. The molecular weight excluding hydrogens is 275 g/mol. The average Bonchev–Trinajstić information content (AvgIpc) is 0. The maximum absolute atomic E-state index is 0. The molecule has 0 spiro atoms. The summed E-state index contributed by atoms with van der Waals surface area (Å²) in [5, 5.41) is 0. The molecule has 0 heterocycles. The number of hydrogen-bond donors (Lipinski definition) is 0. The zero-order valence-electron chi connectivity index (χ0n) is 7.24. The van der Waals surface area contributed by atoms with E-state index in [0.717, 1.165) is 0 Å². The van der Waals surface area contributed by atoms with Crippen molar-refractivity contribution >= 4 is 0 Å². The zero-order chi connectivity index (χ0) is 0. The number of hydrogen-bond acceptors (Lipinski definition) is 5. The standard InChI is InChI=1S/5K.5H2O/h;;;;;5*1H2/q5*+1;;;;;/p-5. The molecule has 10 heavy (non-hydrogen) atoms. The molecule has 0 fully saturated rings. The molecule has 0 amide bonds. The van der Waals surface area contributed by atoms with E-state index in [2.05, 4.69) is 0 Å². The zero-order valence-corrected chi connectivity index (χ0v) is 22.9. The first-order valence-electron chi connectivity index (χ1n) is 0. The summed E-state index contributed by atoms with van der Waals surface area (Å²) in [5.74, 6) is 0. The maximum Gasteiger partial charge on any atom is 1.00 e. The van der Waals surface area contributed by atoms with Crippen LogP contribution in [0.5, 0.6) is 0 Å². The third-order valence-corrected chi connectivity index (χ3v) is 0. The van der Waals surface area contributed by atoms with E-state index in [-0.39, 0.29) is 284 Å². The molecule has 0 saturated carbocycles. The SMILES string of the molecule is [K+].[K+].[K+].[K+].[K+].[OH-].[OH-].[OH-].[OH-].[OH-]. The van der Waals surface area contributed by atoms with Gasteiger partial charge in [-0.2, -0.15) is 0 Å². The molecule has 0 bridgehead atoms. The molecule has 0 saturated heterocycles. The molecular formula is H5K5O5. The maximum atomic E-state index is 0. The van der Waals surface area contributed by atoms with Crippen molar-refractivity contribution in [3.8, 4) is 0 Å². The molecule has 0 aromatic rings. The van der Waals surface area contributed by atoms with Crippen molar-refractivity contribution in [1.82, 2.24) is 0 Å².